The zero-order chi connectivity index (χ0) is 12.1. The van der Waals surface area contributed by atoms with E-state index in [0.717, 1.165) is 6.07 Å². The van der Waals surface area contributed by atoms with Gasteiger partial charge in [-0.3, -0.25) is 4.79 Å². The zero-order valence-corrected chi connectivity index (χ0v) is 8.76. The van der Waals surface area contributed by atoms with E-state index in [2.05, 4.69) is 11.2 Å². The van der Waals surface area contributed by atoms with Gasteiger partial charge in [0.05, 0.1) is 5.56 Å². The first-order chi connectivity index (χ1) is 7.56. The van der Waals surface area contributed by atoms with Gasteiger partial charge >= 0.3 is 0 Å². The minimum Gasteiger partial charge on any atom is -0.349 e. The van der Waals surface area contributed by atoms with Crippen LogP contribution in [0.3, 0.4) is 0 Å². The number of nitrogens with one attached hydrogen (secondary N) is 1. The molecule has 1 unspecified atom stereocenters. The van der Waals surface area contributed by atoms with E-state index in [-0.39, 0.29) is 11.6 Å². The predicted molar refractivity (Wildman–Crippen MR) is 56.7 cm³/mol. The van der Waals surface area contributed by atoms with E-state index in [1.165, 1.54) is 12.1 Å². The summed E-state index contributed by atoms with van der Waals surface area (Å²) in [4.78, 5) is 11.5. The SMILES string of the molecule is C#CCC(C)NC(=O)c1cccc(F)c1F. The summed E-state index contributed by atoms with van der Waals surface area (Å²) in [5.41, 5.74) is -0.316. The van der Waals surface area contributed by atoms with Crippen molar-refractivity contribution in [1.82, 2.24) is 5.32 Å². The Morgan fingerprint density at radius 1 is 1.56 bits per heavy atom. The number of rotatable bonds is 3. The number of hydrogen-bond acceptors (Lipinski definition) is 1. The Hall–Kier alpha value is -1.89. The highest BCUT2D eigenvalue weighted by molar-refractivity contribution is 5.94. The molecule has 0 saturated carbocycles. The van der Waals surface area contributed by atoms with Crippen molar-refractivity contribution in [1.29, 1.82) is 0 Å². The van der Waals surface area contributed by atoms with Crippen molar-refractivity contribution in [3.63, 3.8) is 0 Å². The van der Waals surface area contributed by atoms with Gasteiger partial charge in [0.2, 0.25) is 0 Å². The molecule has 4 heteroatoms. The lowest BCUT2D eigenvalue weighted by molar-refractivity contribution is 0.0936. The van der Waals surface area contributed by atoms with Gasteiger partial charge in [0.15, 0.2) is 11.6 Å². The van der Waals surface area contributed by atoms with Crippen LogP contribution < -0.4 is 5.32 Å². The maximum absolute atomic E-state index is 13.2. The summed E-state index contributed by atoms with van der Waals surface area (Å²) in [6, 6.07) is 3.17. The fraction of sp³-hybridized carbons (Fsp3) is 0.250. The number of halogens is 2. The Morgan fingerprint density at radius 3 is 2.88 bits per heavy atom. The van der Waals surface area contributed by atoms with Gasteiger partial charge in [-0.1, -0.05) is 6.07 Å². The number of benzene rings is 1. The molecule has 0 aliphatic carbocycles. The first-order valence-corrected chi connectivity index (χ1v) is 4.74. The van der Waals surface area contributed by atoms with Crippen molar-refractivity contribution in [3.05, 3.63) is 35.4 Å². The smallest absolute Gasteiger partial charge is 0.254 e. The molecule has 0 bridgehead atoms. The maximum atomic E-state index is 13.2. The molecule has 0 saturated heterocycles. The number of terminal acetylenes is 1. The highest BCUT2D eigenvalue weighted by Crippen LogP contribution is 2.11. The highest BCUT2D eigenvalue weighted by Gasteiger charge is 2.16. The molecule has 0 aliphatic heterocycles. The molecule has 1 atom stereocenters. The zero-order valence-electron chi connectivity index (χ0n) is 8.76. The molecule has 1 N–H and O–H groups in total. The maximum Gasteiger partial charge on any atom is 0.254 e. The van der Waals surface area contributed by atoms with Crippen LogP contribution in [0.1, 0.15) is 23.7 Å². The average molecular weight is 223 g/mol. The molecule has 16 heavy (non-hydrogen) atoms. The molecule has 1 aromatic carbocycles. The van der Waals surface area contributed by atoms with Crippen molar-refractivity contribution in [2.75, 3.05) is 0 Å². The summed E-state index contributed by atoms with van der Waals surface area (Å²) in [5.74, 6) is -0.489. The van der Waals surface area contributed by atoms with Crippen LogP contribution >= 0.6 is 0 Å². The number of carbonyl (C=O) groups excluding carboxylic acids is 1. The Balaban J connectivity index is 2.82. The third-order valence-corrected chi connectivity index (χ3v) is 2.00. The van der Waals surface area contributed by atoms with Crippen LogP contribution in [0.15, 0.2) is 18.2 Å². The van der Waals surface area contributed by atoms with Gasteiger partial charge in [-0.15, -0.1) is 12.3 Å². The molecule has 0 aliphatic rings. The van der Waals surface area contributed by atoms with Crippen LogP contribution in [0.25, 0.3) is 0 Å². The summed E-state index contributed by atoms with van der Waals surface area (Å²) in [7, 11) is 0. The van der Waals surface area contributed by atoms with Crippen molar-refractivity contribution in [2.24, 2.45) is 0 Å². The minimum atomic E-state index is -1.15. The molecule has 0 radical (unpaired) electrons. The van der Waals surface area contributed by atoms with Crippen LogP contribution in [0.5, 0.6) is 0 Å². The minimum absolute atomic E-state index is 0.278. The second-order valence-electron chi connectivity index (χ2n) is 3.38. The van der Waals surface area contributed by atoms with Gasteiger partial charge in [-0.05, 0) is 19.1 Å². The fourth-order valence-corrected chi connectivity index (χ4v) is 1.21. The van der Waals surface area contributed by atoms with Crippen LogP contribution in [-0.4, -0.2) is 11.9 Å². The molecule has 0 heterocycles. The highest BCUT2D eigenvalue weighted by atomic mass is 19.2. The van der Waals surface area contributed by atoms with Crippen molar-refractivity contribution >= 4 is 5.91 Å². The molecule has 1 amide bonds. The van der Waals surface area contributed by atoms with Crippen molar-refractivity contribution in [3.8, 4) is 12.3 Å². The number of amides is 1. The third kappa shape index (κ3) is 2.80. The van der Waals surface area contributed by atoms with Crippen molar-refractivity contribution < 1.29 is 13.6 Å². The van der Waals surface area contributed by atoms with Gasteiger partial charge < -0.3 is 5.32 Å². The van der Waals surface area contributed by atoms with Crippen LogP contribution in [-0.2, 0) is 0 Å². The van der Waals surface area contributed by atoms with Crippen LogP contribution in [0.2, 0.25) is 0 Å². The van der Waals surface area contributed by atoms with Gasteiger partial charge in [-0.2, -0.15) is 0 Å². The normalized spacial score (nSPS) is 11.6. The Morgan fingerprint density at radius 2 is 2.25 bits per heavy atom. The lowest BCUT2D eigenvalue weighted by Crippen LogP contribution is -2.32. The predicted octanol–water partition coefficient (Wildman–Crippen LogP) is 2.11. The van der Waals surface area contributed by atoms with Crippen LogP contribution in [0.4, 0.5) is 8.78 Å². The molecule has 1 aromatic rings. The third-order valence-electron chi connectivity index (χ3n) is 2.00. The number of hydrogen-bond donors (Lipinski definition) is 1. The molecular formula is C12H11F2NO. The second-order valence-corrected chi connectivity index (χ2v) is 3.38. The lowest BCUT2D eigenvalue weighted by Gasteiger charge is -2.11. The largest absolute Gasteiger partial charge is 0.349 e. The van der Waals surface area contributed by atoms with E-state index in [0.29, 0.717) is 6.42 Å². The Bertz CT molecular complexity index is 437. The molecule has 84 valence electrons. The van der Waals surface area contributed by atoms with Crippen LogP contribution in [0, 0.1) is 24.0 Å². The average Bonchev–Trinajstić information content (AvgIpc) is 2.22. The van der Waals surface area contributed by atoms with E-state index in [1.807, 2.05) is 0 Å². The summed E-state index contributed by atoms with van der Waals surface area (Å²) < 4.78 is 26.0. The fourth-order valence-electron chi connectivity index (χ4n) is 1.21. The molecule has 2 nitrogen and oxygen atoms in total. The van der Waals surface area contributed by atoms with Gasteiger partial charge in [0, 0.05) is 12.5 Å². The van der Waals surface area contributed by atoms with E-state index in [1.54, 1.807) is 6.92 Å². The van der Waals surface area contributed by atoms with E-state index >= 15 is 0 Å². The van der Waals surface area contributed by atoms with Gasteiger partial charge in [-0.25, -0.2) is 8.78 Å². The molecule has 1 rings (SSSR count). The Kier molecular flexibility index (Phi) is 4.01. The summed E-state index contributed by atoms with van der Waals surface area (Å²) in [6.07, 6.45) is 5.40. The summed E-state index contributed by atoms with van der Waals surface area (Å²) in [6.45, 7) is 1.69. The molecule has 0 aromatic heterocycles. The van der Waals surface area contributed by atoms with E-state index < -0.39 is 17.5 Å². The first-order valence-electron chi connectivity index (χ1n) is 4.74. The van der Waals surface area contributed by atoms with Gasteiger partial charge in [0.25, 0.3) is 5.91 Å². The summed E-state index contributed by atoms with van der Waals surface area (Å²) in [5, 5.41) is 2.48. The number of carbonyl (C=O) groups is 1. The van der Waals surface area contributed by atoms with E-state index in [4.69, 9.17) is 6.42 Å². The quantitative estimate of drug-likeness (QED) is 0.781. The monoisotopic (exact) mass is 223 g/mol. The standard InChI is InChI=1S/C12H11F2NO/c1-3-5-8(2)15-12(16)9-6-4-7-10(13)11(9)14/h1,4,6-8H,5H2,2H3,(H,15,16). The molecular weight excluding hydrogens is 212 g/mol. The van der Waals surface area contributed by atoms with Crippen molar-refractivity contribution in [2.45, 2.75) is 19.4 Å². The Labute approximate surface area is 92.7 Å². The molecule has 0 spiro atoms. The van der Waals surface area contributed by atoms with Gasteiger partial charge in [0.1, 0.15) is 0 Å². The second kappa shape index (κ2) is 5.26. The summed E-state index contributed by atoms with van der Waals surface area (Å²) >= 11 is 0. The van der Waals surface area contributed by atoms with E-state index in [9.17, 15) is 13.6 Å². The molecule has 0 fully saturated rings. The lowest BCUT2D eigenvalue weighted by atomic mass is 10.1. The first kappa shape index (κ1) is 12.2. The topological polar surface area (TPSA) is 29.1 Å².